The van der Waals surface area contributed by atoms with Gasteiger partial charge in [0.1, 0.15) is 5.69 Å². The number of anilines is 2. The molecule has 0 unspecified atom stereocenters. The minimum atomic E-state index is -0.313. The molecule has 1 aromatic carbocycles. The van der Waals surface area contributed by atoms with Gasteiger partial charge in [0.2, 0.25) is 5.95 Å². The first kappa shape index (κ1) is 17.2. The zero-order valence-electron chi connectivity index (χ0n) is 13.1. The second-order valence-electron chi connectivity index (χ2n) is 4.96. The van der Waals surface area contributed by atoms with Crippen molar-refractivity contribution in [2.24, 2.45) is 0 Å². The Morgan fingerprint density at radius 3 is 2.91 bits per heavy atom. The number of aryl methyl sites for hydroxylation is 1. The molecular weight excluding hydrogens is 316 g/mol. The van der Waals surface area contributed by atoms with Crippen molar-refractivity contribution < 1.29 is 9.53 Å². The lowest BCUT2D eigenvalue weighted by Gasteiger charge is -2.08. The van der Waals surface area contributed by atoms with Crippen LogP contribution in [0, 0.1) is 6.92 Å². The summed E-state index contributed by atoms with van der Waals surface area (Å²) in [6.07, 6.45) is 2.38. The van der Waals surface area contributed by atoms with Crippen LogP contribution >= 0.6 is 11.6 Å². The van der Waals surface area contributed by atoms with Crippen molar-refractivity contribution in [2.75, 3.05) is 30.9 Å². The number of benzene rings is 1. The van der Waals surface area contributed by atoms with Crippen molar-refractivity contribution in [1.29, 1.82) is 0 Å². The van der Waals surface area contributed by atoms with Gasteiger partial charge in [0.25, 0.3) is 5.91 Å². The van der Waals surface area contributed by atoms with Gasteiger partial charge in [-0.2, -0.15) is 0 Å². The molecule has 1 heterocycles. The van der Waals surface area contributed by atoms with Gasteiger partial charge in [0.05, 0.1) is 0 Å². The van der Waals surface area contributed by atoms with Crippen LogP contribution in [0.5, 0.6) is 0 Å². The number of carbonyl (C=O) groups is 1. The summed E-state index contributed by atoms with van der Waals surface area (Å²) >= 11 is 6.05. The molecule has 6 nitrogen and oxygen atoms in total. The van der Waals surface area contributed by atoms with E-state index in [4.69, 9.17) is 16.3 Å². The molecular formula is C16H19ClN4O2. The molecule has 0 saturated carbocycles. The summed E-state index contributed by atoms with van der Waals surface area (Å²) in [6, 6.07) is 6.91. The molecule has 0 aliphatic rings. The van der Waals surface area contributed by atoms with Crippen LogP contribution in [0.3, 0.4) is 0 Å². The number of methoxy groups -OCH3 is 1. The van der Waals surface area contributed by atoms with Gasteiger partial charge in [-0.15, -0.1) is 0 Å². The summed E-state index contributed by atoms with van der Waals surface area (Å²) in [6.45, 7) is 3.23. The van der Waals surface area contributed by atoms with E-state index >= 15 is 0 Å². The Bertz CT molecular complexity index is 679. The van der Waals surface area contributed by atoms with Crippen molar-refractivity contribution in [3.05, 3.63) is 46.7 Å². The van der Waals surface area contributed by atoms with Crippen LogP contribution in [0.1, 0.15) is 22.5 Å². The van der Waals surface area contributed by atoms with E-state index in [0.29, 0.717) is 29.8 Å². The number of rotatable bonds is 7. The van der Waals surface area contributed by atoms with Crippen molar-refractivity contribution in [2.45, 2.75) is 13.3 Å². The van der Waals surface area contributed by atoms with E-state index < -0.39 is 0 Å². The molecule has 2 aromatic rings. The zero-order valence-corrected chi connectivity index (χ0v) is 13.9. The highest BCUT2D eigenvalue weighted by atomic mass is 35.5. The fourth-order valence-electron chi connectivity index (χ4n) is 1.85. The van der Waals surface area contributed by atoms with Gasteiger partial charge in [-0.3, -0.25) is 4.79 Å². The lowest BCUT2D eigenvalue weighted by molar-refractivity contribution is 0.102. The number of hydrogen-bond donors (Lipinski definition) is 2. The first-order valence-electron chi connectivity index (χ1n) is 7.23. The van der Waals surface area contributed by atoms with Gasteiger partial charge in [0.15, 0.2) is 0 Å². The van der Waals surface area contributed by atoms with Crippen LogP contribution in [0.25, 0.3) is 0 Å². The number of nitrogens with one attached hydrogen (secondary N) is 2. The second kappa shape index (κ2) is 8.45. The lowest BCUT2D eigenvalue weighted by Crippen LogP contribution is -2.16. The van der Waals surface area contributed by atoms with Crippen LogP contribution < -0.4 is 10.6 Å². The molecule has 0 aliphatic carbocycles. The molecule has 1 aromatic heterocycles. The number of nitrogens with zero attached hydrogens (tertiary/aromatic N) is 2. The molecule has 7 heteroatoms. The van der Waals surface area contributed by atoms with Crippen molar-refractivity contribution >= 4 is 29.1 Å². The number of hydrogen-bond acceptors (Lipinski definition) is 5. The predicted octanol–water partition coefficient (Wildman–Crippen LogP) is 3.14. The SMILES string of the molecule is COCCCNc1nccc(C(=O)Nc2ccc(C)c(Cl)c2)n1. The highest BCUT2D eigenvalue weighted by Gasteiger charge is 2.10. The largest absolute Gasteiger partial charge is 0.385 e. The topological polar surface area (TPSA) is 76.1 Å². The van der Waals surface area contributed by atoms with Gasteiger partial charge >= 0.3 is 0 Å². The van der Waals surface area contributed by atoms with Crippen molar-refractivity contribution in [3.8, 4) is 0 Å². The Labute approximate surface area is 140 Å². The van der Waals surface area contributed by atoms with E-state index in [1.54, 1.807) is 31.5 Å². The number of ether oxygens (including phenoxy) is 1. The van der Waals surface area contributed by atoms with Crippen LogP contribution in [0.15, 0.2) is 30.5 Å². The Morgan fingerprint density at radius 2 is 2.17 bits per heavy atom. The quantitative estimate of drug-likeness (QED) is 0.761. The summed E-state index contributed by atoms with van der Waals surface area (Å²) in [7, 11) is 1.65. The van der Waals surface area contributed by atoms with Crippen LogP contribution in [0.4, 0.5) is 11.6 Å². The third-order valence-corrected chi connectivity index (χ3v) is 3.53. The first-order chi connectivity index (χ1) is 11.1. The van der Waals surface area contributed by atoms with Gasteiger partial charge in [-0.25, -0.2) is 9.97 Å². The molecule has 1 amide bonds. The average Bonchev–Trinajstić information content (AvgIpc) is 2.55. The van der Waals surface area contributed by atoms with E-state index in [1.165, 1.54) is 0 Å². The zero-order chi connectivity index (χ0) is 16.7. The van der Waals surface area contributed by atoms with Crippen molar-refractivity contribution in [1.82, 2.24) is 9.97 Å². The normalized spacial score (nSPS) is 10.4. The van der Waals surface area contributed by atoms with Gasteiger partial charge < -0.3 is 15.4 Å². The fourth-order valence-corrected chi connectivity index (χ4v) is 2.03. The monoisotopic (exact) mass is 334 g/mol. The van der Waals surface area contributed by atoms with Gasteiger partial charge in [-0.05, 0) is 37.1 Å². The maximum atomic E-state index is 12.2. The minimum Gasteiger partial charge on any atom is -0.385 e. The molecule has 122 valence electrons. The third-order valence-electron chi connectivity index (χ3n) is 3.13. The summed E-state index contributed by atoms with van der Waals surface area (Å²) in [5.74, 6) is 0.1000. The Hall–Kier alpha value is -2.18. The Balaban J connectivity index is 2.00. The van der Waals surface area contributed by atoms with Crippen molar-refractivity contribution in [3.63, 3.8) is 0 Å². The van der Waals surface area contributed by atoms with E-state index in [1.807, 2.05) is 13.0 Å². The van der Waals surface area contributed by atoms with Gasteiger partial charge in [0, 0.05) is 37.2 Å². The van der Waals surface area contributed by atoms with Crippen LogP contribution in [-0.2, 0) is 4.74 Å². The smallest absolute Gasteiger partial charge is 0.274 e. The second-order valence-corrected chi connectivity index (χ2v) is 5.36. The standard InChI is InChI=1S/C16H19ClN4O2/c1-11-4-5-12(10-13(11)17)20-15(22)14-6-8-19-16(21-14)18-7-3-9-23-2/h4-6,8,10H,3,7,9H2,1-2H3,(H,20,22)(H,18,19,21). The van der Waals surface area contributed by atoms with E-state index in [2.05, 4.69) is 20.6 Å². The summed E-state index contributed by atoms with van der Waals surface area (Å²) in [5.41, 5.74) is 1.86. The van der Waals surface area contributed by atoms with E-state index in [-0.39, 0.29) is 11.6 Å². The first-order valence-corrected chi connectivity index (χ1v) is 7.61. The Kier molecular flexibility index (Phi) is 6.31. The fraction of sp³-hybridized carbons (Fsp3) is 0.312. The minimum absolute atomic E-state index is 0.283. The predicted molar refractivity (Wildman–Crippen MR) is 91.2 cm³/mol. The maximum Gasteiger partial charge on any atom is 0.274 e. The van der Waals surface area contributed by atoms with Gasteiger partial charge in [-0.1, -0.05) is 17.7 Å². The number of aromatic nitrogens is 2. The molecule has 0 fully saturated rings. The molecule has 0 saturated heterocycles. The molecule has 2 N–H and O–H groups in total. The molecule has 0 bridgehead atoms. The number of halogens is 1. The molecule has 0 radical (unpaired) electrons. The third kappa shape index (κ3) is 5.19. The Morgan fingerprint density at radius 1 is 1.35 bits per heavy atom. The lowest BCUT2D eigenvalue weighted by atomic mass is 10.2. The van der Waals surface area contributed by atoms with E-state index in [9.17, 15) is 4.79 Å². The molecule has 2 rings (SSSR count). The molecule has 0 spiro atoms. The highest BCUT2D eigenvalue weighted by molar-refractivity contribution is 6.31. The molecule has 0 aliphatic heterocycles. The number of carbonyl (C=O) groups excluding carboxylic acids is 1. The average molecular weight is 335 g/mol. The number of amides is 1. The molecule has 0 atom stereocenters. The summed E-state index contributed by atoms with van der Waals surface area (Å²) in [5, 5.41) is 6.42. The summed E-state index contributed by atoms with van der Waals surface area (Å²) in [4.78, 5) is 20.5. The van der Waals surface area contributed by atoms with Crippen LogP contribution in [0.2, 0.25) is 5.02 Å². The van der Waals surface area contributed by atoms with Crippen LogP contribution in [-0.4, -0.2) is 36.1 Å². The van der Waals surface area contributed by atoms with E-state index in [0.717, 1.165) is 12.0 Å². The maximum absolute atomic E-state index is 12.2. The summed E-state index contributed by atoms with van der Waals surface area (Å²) < 4.78 is 4.97. The highest BCUT2D eigenvalue weighted by Crippen LogP contribution is 2.20. The molecule has 23 heavy (non-hydrogen) atoms.